The quantitative estimate of drug-likeness (QED) is 0.811. The lowest BCUT2D eigenvalue weighted by molar-refractivity contribution is 0.0448. The lowest BCUT2D eigenvalue weighted by Gasteiger charge is -2.33. The van der Waals surface area contributed by atoms with E-state index in [0.29, 0.717) is 18.0 Å². The molecular formula is C21H27N3O3. The molecule has 2 aromatic rings. The van der Waals surface area contributed by atoms with E-state index in [9.17, 15) is 4.79 Å². The van der Waals surface area contributed by atoms with Gasteiger partial charge in [0.15, 0.2) is 0 Å². The molecule has 2 fully saturated rings. The number of ether oxygens (including phenoxy) is 2. The van der Waals surface area contributed by atoms with Crippen LogP contribution < -0.4 is 4.74 Å². The van der Waals surface area contributed by atoms with Gasteiger partial charge < -0.3 is 14.4 Å². The molecule has 0 bridgehead atoms. The SMILES string of the molecule is COc1cccc(-c2[nH]ncc2C(=O)N(CC2CCC2)C[C@@H]2CCCO2)c1. The summed E-state index contributed by atoms with van der Waals surface area (Å²) < 4.78 is 11.1. The number of carbonyl (C=O) groups is 1. The van der Waals surface area contributed by atoms with Gasteiger partial charge in [0.2, 0.25) is 0 Å². The van der Waals surface area contributed by atoms with E-state index in [0.717, 1.165) is 43.0 Å². The largest absolute Gasteiger partial charge is 0.497 e. The fourth-order valence-electron chi connectivity index (χ4n) is 3.88. The number of aromatic amines is 1. The second-order valence-electron chi connectivity index (χ2n) is 7.53. The zero-order valence-electron chi connectivity index (χ0n) is 15.8. The topological polar surface area (TPSA) is 67.5 Å². The molecule has 2 aliphatic rings. The Morgan fingerprint density at radius 3 is 2.89 bits per heavy atom. The van der Waals surface area contributed by atoms with E-state index in [-0.39, 0.29) is 12.0 Å². The summed E-state index contributed by atoms with van der Waals surface area (Å²) in [5.41, 5.74) is 2.25. The van der Waals surface area contributed by atoms with Crippen molar-refractivity contribution in [1.82, 2.24) is 15.1 Å². The van der Waals surface area contributed by atoms with E-state index < -0.39 is 0 Å². The molecule has 0 spiro atoms. The Morgan fingerprint density at radius 1 is 1.30 bits per heavy atom. The molecule has 0 unspecified atom stereocenters. The highest BCUT2D eigenvalue weighted by atomic mass is 16.5. The predicted molar refractivity (Wildman–Crippen MR) is 103 cm³/mol. The van der Waals surface area contributed by atoms with Gasteiger partial charge in [0.05, 0.1) is 30.7 Å². The zero-order chi connectivity index (χ0) is 18.6. The van der Waals surface area contributed by atoms with Crippen LogP contribution in [-0.4, -0.2) is 53.9 Å². The summed E-state index contributed by atoms with van der Waals surface area (Å²) in [6, 6.07) is 7.69. The minimum atomic E-state index is 0.0315. The molecule has 1 aromatic carbocycles. The molecule has 6 nitrogen and oxygen atoms in total. The Kier molecular flexibility index (Phi) is 5.43. The molecule has 6 heteroatoms. The molecule has 1 atom stereocenters. The van der Waals surface area contributed by atoms with Gasteiger partial charge in [0, 0.05) is 25.3 Å². The smallest absolute Gasteiger partial charge is 0.257 e. The van der Waals surface area contributed by atoms with Crippen molar-refractivity contribution in [2.24, 2.45) is 5.92 Å². The number of amides is 1. The molecule has 27 heavy (non-hydrogen) atoms. The predicted octanol–water partition coefficient (Wildman–Crippen LogP) is 3.51. The number of methoxy groups -OCH3 is 1. The van der Waals surface area contributed by atoms with Crippen LogP contribution in [0.1, 0.15) is 42.5 Å². The van der Waals surface area contributed by atoms with Crippen molar-refractivity contribution in [3.63, 3.8) is 0 Å². The van der Waals surface area contributed by atoms with E-state index in [2.05, 4.69) is 10.2 Å². The van der Waals surface area contributed by atoms with Gasteiger partial charge in [-0.25, -0.2) is 0 Å². The van der Waals surface area contributed by atoms with Crippen molar-refractivity contribution in [3.05, 3.63) is 36.0 Å². The van der Waals surface area contributed by atoms with Gasteiger partial charge in [-0.1, -0.05) is 18.6 Å². The monoisotopic (exact) mass is 369 g/mol. The van der Waals surface area contributed by atoms with Crippen LogP contribution in [0, 0.1) is 5.92 Å². The minimum absolute atomic E-state index is 0.0315. The number of rotatable bonds is 7. The van der Waals surface area contributed by atoms with Crippen LogP contribution in [0.5, 0.6) is 5.75 Å². The maximum Gasteiger partial charge on any atom is 0.257 e. The first-order chi connectivity index (χ1) is 13.2. The van der Waals surface area contributed by atoms with Crippen molar-refractivity contribution in [2.75, 3.05) is 26.8 Å². The van der Waals surface area contributed by atoms with E-state index >= 15 is 0 Å². The molecule has 1 aliphatic carbocycles. The van der Waals surface area contributed by atoms with E-state index in [1.165, 1.54) is 19.3 Å². The molecular weight excluding hydrogens is 342 g/mol. The number of hydrogen-bond acceptors (Lipinski definition) is 4. The highest BCUT2D eigenvalue weighted by molar-refractivity contribution is 5.99. The van der Waals surface area contributed by atoms with Crippen LogP contribution >= 0.6 is 0 Å². The molecule has 144 valence electrons. The third-order valence-electron chi connectivity index (χ3n) is 5.67. The summed E-state index contributed by atoms with van der Waals surface area (Å²) >= 11 is 0. The molecule has 1 aromatic heterocycles. The van der Waals surface area contributed by atoms with E-state index in [4.69, 9.17) is 9.47 Å². The number of carbonyl (C=O) groups excluding carboxylic acids is 1. The van der Waals surface area contributed by atoms with Crippen molar-refractivity contribution < 1.29 is 14.3 Å². The molecule has 2 heterocycles. The Balaban J connectivity index is 1.57. The highest BCUT2D eigenvalue weighted by Gasteiger charge is 2.29. The third kappa shape index (κ3) is 4.00. The van der Waals surface area contributed by atoms with Crippen LogP contribution in [0.2, 0.25) is 0 Å². The first kappa shape index (κ1) is 18.0. The van der Waals surface area contributed by atoms with Gasteiger partial charge in [-0.3, -0.25) is 9.89 Å². The summed E-state index contributed by atoms with van der Waals surface area (Å²) in [6.45, 7) is 2.27. The Labute approximate surface area is 159 Å². The first-order valence-electron chi connectivity index (χ1n) is 9.83. The van der Waals surface area contributed by atoms with E-state index in [1.54, 1.807) is 13.3 Å². The zero-order valence-corrected chi connectivity index (χ0v) is 15.8. The van der Waals surface area contributed by atoms with Crippen LogP contribution in [0.15, 0.2) is 30.5 Å². The fourth-order valence-corrected chi connectivity index (χ4v) is 3.88. The first-order valence-corrected chi connectivity index (χ1v) is 9.83. The fraction of sp³-hybridized carbons (Fsp3) is 0.524. The number of hydrogen-bond donors (Lipinski definition) is 1. The average molecular weight is 369 g/mol. The number of benzene rings is 1. The molecule has 1 aliphatic heterocycles. The standard InChI is InChI=1S/C21H27N3O3/c1-26-17-8-3-7-16(11-17)20-19(12-22-23-20)21(25)24(13-15-5-2-6-15)14-18-9-4-10-27-18/h3,7-8,11-12,15,18H,2,4-6,9-10,13-14H2,1H3,(H,22,23)/t18-/m0/s1. The summed E-state index contributed by atoms with van der Waals surface area (Å²) in [7, 11) is 1.64. The Hall–Kier alpha value is -2.34. The van der Waals surface area contributed by atoms with Crippen LogP contribution in [0.25, 0.3) is 11.3 Å². The molecule has 1 N–H and O–H groups in total. The molecule has 4 rings (SSSR count). The average Bonchev–Trinajstić information content (AvgIpc) is 3.34. The second kappa shape index (κ2) is 8.13. The summed E-state index contributed by atoms with van der Waals surface area (Å²) in [5, 5.41) is 7.16. The normalized spacial score (nSPS) is 19.7. The van der Waals surface area contributed by atoms with Crippen LogP contribution in [-0.2, 0) is 4.74 Å². The second-order valence-corrected chi connectivity index (χ2v) is 7.53. The Bertz CT molecular complexity index is 778. The van der Waals surface area contributed by atoms with Crippen LogP contribution in [0.3, 0.4) is 0 Å². The van der Waals surface area contributed by atoms with Gasteiger partial charge in [0.1, 0.15) is 5.75 Å². The molecule has 1 saturated carbocycles. The van der Waals surface area contributed by atoms with Gasteiger partial charge in [-0.15, -0.1) is 0 Å². The van der Waals surface area contributed by atoms with Crippen molar-refractivity contribution in [1.29, 1.82) is 0 Å². The number of nitrogens with one attached hydrogen (secondary N) is 1. The van der Waals surface area contributed by atoms with Gasteiger partial charge in [-0.2, -0.15) is 5.10 Å². The van der Waals surface area contributed by atoms with Gasteiger partial charge in [0.25, 0.3) is 5.91 Å². The number of aromatic nitrogens is 2. The molecule has 0 radical (unpaired) electrons. The highest BCUT2D eigenvalue weighted by Crippen LogP contribution is 2.30. The van der Waals surface area contributed by atoms with Crippen molar-refractivity contribution in [3.8, 4) is 17.0 Å². The lowest BCUT2D eigenvalue weighted by Crippen LogP contribution is -2.41. The van der Waals surface area contributed by atoms with Crippen molar-refractivity contribution >= 4 is 5.91 Å². The molecule has 1 saturated heterocycles. The molecule has 1 amide bonds. The minimum Gasteiger partial charge on any atom is -0.497 e. The van der Waals surface area contributed by atoms with E-state index in [1.807, 2.05) is 29.2 Å². The third-order valence-corrected chi connectivity index (χ3v) is 5.67. The summed E-state index contributed by atoms with van der Waals surface area (Å²) in [5.74, 6) is 1.40. The summed E-state index contributed by atoms with van der Waals surface area (Å²) in [6.07, 6.45) is 7.60. The van der Waals surface area contributed by atoms with Gasteiger partial charge >= 0.3 is 0 Å². The van der Waals surface area contributed by atoms with Gasteiger partial charge in [-0.05, 0) is 43.7 Å². The Morgan fingerprint density at radius 2 is 2.19 bits per heavy atom. The maximum absolute atomic E-state index is 13.4. The number of nitrogens with zero attached hydrogens (tertiary/aromatic N) is 2. The maximum atomic E-state index is 13.4. The summed E-state index contributed by atoms with van der Waals surface area (Å²) in [4.78, 5) is 15.4. The number of H-pyrrole nitrogens is 1. The van der Waals surface area contributed by atoms with Crippen LogP contribution in [0.4, 0.5) is 0 Å². The lowest BCUT2D eigenvalue weighted by atomic mass is 9.85. The van der Waals surface area contributed by atoms with Crippen molar-refractivity contribution in [2.45, 2.75) is 38.2 Å².